The van der Waals surface area contributed by atoms with Crippen LogP contribution >= 0.6 is 15.9 Å². The molecule has 1 aromatic heterocycles. The number of aromatic nitrogens is 2. The minimum absolute atomic E-state index is 0.300. The van der Waals surface area contributed by atoms with Crippen LogP contribution in [0.4, 0.5) is 4.39 Å². The number of hydrogen-bond donors (Lipinski definition) is 1. The summed E-state index contributed by atoms with van der Waals surface area (Å²) in [6.45, 7) is 0.975. The van der Waals surface area contributed by atoms with E-state index in [4.69, 9.17) is 4.42 Å². The minimum atomic E-state index is -0.300. The van der Waals surface area contributed by atoms with E-state index in [0.29, 0.717) is 21.8 Å². The van der Waals surface area contributed by atoms with E-state index < -0.39 is 0 Å². The summed E-state index contributed by atoms with van der Waals surface area (Å²) in [7, 11) is 0. The molecule has 3 rings (SSSR count). The van der Waals surface area contributed by atoms with Crippen LogP contribution in [0.25, 0.3) is 11.5 Å². The second-order valence-corrected chi connectivity index (χ2v) is 5.81. The standard InChI is InChI=1S/C14H15BrFN3O/c15-12-8-9(16)3-6-11(12)14-19-18-13(20-14)2-1-7-17-10-4-5-10/h3,6,8,10,17H,1-2,4-5,7H2. The second-order valence-electron chi connectivity index (χ2n) is 4.96. The van der Waals surface area contributed by atoms with E-state index in [0.717, 1.165) is 25.4 Å². The normalized spacial score (nSPS) is 14.7. The first-order valence-electron chi connectivity index (χ1n) is 6.73. The first kappa shape index (κ1) is 13.7. The Kier molecular flexibility index (Phi) is 4.12. The lowest BCUT2D eigenvalue weighted by molar-refractivity contribution is 0.490. The van der Waals surface area contributed by atoms with Crippen molar-refractivity contribution >= 4 is 15.9 Å². The number of hydrogen-bond acceptors (Lipinski definition) is 4. The number of halogens is 2. The maximum absolute atomic E-state index is 13.0. The van der Waals surface area contributed by atoms with Gasteiger partial charge in [0.25, 0.3) is 0 Å². The summed E-state index contributed by atoms with van der Waals surface area (Å²) in [5.74, 6) is 0.738. The molecule has 0 amide bonds. The van der Waals surface area contributed by atoms with E-state index in [1.807, 2.05) is 0 Å². The van der Waals surface area contributed by atoms with Gasteiger partial charge in [0.05, 0.1) is 5.56 Å². The quantitative estimate of drug-likeness (QED) is 0.820. The van der Waals surface area contributed by atoms with Crippen molar-refractivity contribution in [2.75, 3.05) is 6.54 Å². The Labute approximate surface area is 124 Å². The molecule has 1 heterocycles. The van der Waals surface area contributed by atoms with E-state index in [1.54, 1.807) is 6.07 Å². The van der Waals surface area contributed by atoms with Crippen molar-refractivity contribution in [2.24, 2.45) is 0 Å². The average Bonchev–Trinajstić information content (AvgIpc) is 3.13. The molecular formula is C14H15BrFN3O. The molecule has 0 spiro atoms. The summed E-state index contributed by atoms with van der Waals surface area (Å²) in [6.07, 6.45) is 4.32. The van der Waals surface area contributed by atoms with E-state index in [1.165, 1.54) is 25.0 Å². The highest BCUT2D eigenvalue weighted by Gasteiger charge is 2.19. The van der Waals surface area contributed by atoms with Crippen LogP contribution in [0.3, 0.4) is 0 Å². The van der Waals surface area contributed by atoms with Crippen molar-refractivity contribution in [1.29, 1.82) is 0 Å². The van der Waals surface area contributed by atoms with Crippen LogP contribution in [0.2, 0.25) is 0 Å². The summed E-state index contributed by atoms with van der Waals surface area (Å²) in [6, 6.07) is 5.12. The number of nitrogens with one attached hydrogen (secondary N) is 1. The third kappa shape index (κ3) is 3.43. The van der Waals surface area contributed by atoms with Gasteiger partial charge in [-0.05, 0) is 59.9 Å². The molecule has 1 fully saturated rings. The Balaban J connectivity index is 1.60. The molecule has 1 aliphatic rings. The van der Waals surface area contributed by atoms with Crippen LogP contribution in [0.1, 0.15) is 25.2 Å². The number of nitrogens with zero attached hydrogens (tertiary/aromatic N) is 2. The van der Waals surface area contributed by atoms with Crippen LogP contribution in [-0.4, -0.2) is 22.8 Å². The van der Waals surface area contributed by atoms with Gasteiger partial charge in [-0.25, -0.2) is 4.39 Å². The lowest BCUT2D eigenvalue weighted by Crippen LogP contribution is -2.17. The Morgan fingerprint density at radius 2 is 2.20 bits per heavy atom. The van der Waals surface area contributed by atoms with E-state index in [9.17, 15) is 4.39 Å². The molecule has 0 atom stereocenters. The van der Waals surface area contributed by atoms with Crippen molar-refractivity contribution in [3.63, 3.8) is 0 Å². The van der Waals surface area contributed by atoms with Crippen LogP contribution in [0, 0.1) is 5.82 Å². The highest BCUT2D eigenvalue weighted by Crippen LogP contribution is 2.28. The van der Waals surface area contributed by atoms with Gasteiger partial charge < -0.3 is 9.73 Å². The number of rotatable bonds is 6. The van der Waals surface area contributed by atoms with Crippen LogP contribution in [0.15, 0.2) is 27.1 Å². The SMILES string of the molecule is Fc1ccc(-c2nnc(CCCNC3CC3)o2)c(Br)c1. The molecule has 0 radical (unpaired) electrons. The summed E-state index contributed by atoms with van der Waals surface area (Å²) in [5.41, 5.74) is 0.709. The fourth-order valence-electron chi connectivity index (χ4n) is 1.96. The van der Waals surface area contributed by atoms with Gasteiger partial charge in [-0.2, -0.15) is 0 Å². The molecule has 4 nitrogen and oxygen atoms in total. The predicted octanol–water partition coefficient (Wildman–Crippen LogP) is 3.32. The molecule has 106 valence electrons. The van der Waals surface area contributed by atoms with Gasteiger partial charge in [0, 0.05) is 16.9 Å². The third-order valence-corrected chi connectivity index (χ3v) is 3.86. The Morgan fingerprint density at radius 1 is 1.35 bits per heavy atom. The highest BCUT2D eigenvalue weighted by atomic mass is 79.9. The van der Waals surface area contributed by atoms with Crippen molar-refractivity contribution in [1.82, 2.24) is 15.5 Å². The average molecular weight is 340 g/mol. The highest BCUT2D eigenvalue weighted by molar-refractivity contribution is 9.10. The lowest BCUT2D eigenvalue weighted by atomic mass is 10.2. The van der Waals surface area contributed by atoms with Crippen molar-refractivity contribution in [2.45, 2.75) is 31.7 Å². The van der Waals surface area contributed by atoms with Crippen LogP contribution in [-0.2, 0) is 6.42 Å². The Hall–Kier alpha value is -1.27. The summed E-state index contributed by atoms with van der Waals surface area (Å²) < 4.78 is 19.3. The molecule has 1 aromatic carbocycles. The summed E-state index contributed by atoms with van der Waals surface area (Å²) in [4.78, 5) is 0. The molecule has 0 saturated heterocycles. The van der Waals surface area contributed by atoms with Crippen LogP contribution in [0.5, 0.6) is 0 Å². The first-order valence-corrected chi connectivity index (χ1v) is 7.53. The Morgan fingerprint density at radius 3 is 2.95 bits per heavy atom. The molecule has 0 aliphatic heterocycles. The zero-order valence-electron chi connectivity index (χ0n) is 10.9. The maximum atomic E-state index is 13.0. The fraction of sp³-hybridized carbons (Fsp3) is 0.429. The molecule has 1 saturated carbocycles. The fourth-order valence-corrected chi connectivity index (χ4v) is 2.48. The Bertz CT molecular complexity index is 598. The van der Waals surface area contributed by atoms with Gasteiger partial charge in [-0.1, -0.05) is 0 Å². The number of benzene rings is 1. The molecule has 20 heavy (non-hydrogen) atoms. The zero-order chi connectivity index (χ0) is 13.9. The third-order valence-electron chi connectivity index (χ3n) is 3.21. The van der Waals surface area contributed by atoms with Crippen molar-refractivity contribution in [3.05, 3.63) is 34.4 Å². The van der Waals surface area contributed by atoms with E-state index in [2.05, 4.69) is 31.4 Å². The predicted molar refractivity (Wildman–Crippen MR) is 76.7 cm³/mol. The molecule has 1 aliphatic carbocycles. The van der Waals surface area contributed by atoms with Gasteiger partial charge in [0.15, 0.2) is 0 Å². The van der Waals surface area contributed by atoms with Gasteiger partial charge >= 0.3 is 0 Å². The number of aryl methyl sites for hydroxylation is 1. The van der Waals surface area contributed by atoms with E-state index >= 15 is 0 Å². The lowest BCUT2D eigenvalue weighted by Gasteiger charge is -2.00. The topological polar surface area (TPSA) is 51.0 Å². The molecule has 6 heteroatoms. The monoisotopic (exact) mass is 339 g/mol. The van der Waals surface area contributed by atoms with Gasteiger partial charge in [-0.3, -0.25) is 0 Å². The smallest absolute Gasteiger partial charge is 0.248 e. The molecule has 0 unspecified atom stereocenters. The molecule has 2 aromatic rings. The minimum Gasteiger partial charge on any atom is -0.421 e. The summed E-state index contributed by atoms with van der Waals surface area (Å²) >= 11 is 3.30. The maximum Gasteiger partial charge on any atom is 0.248 e. The molecule has 1 N–H and O–H groups in total. The summed E-state index contributed by atoms with van der Waals surface area (Å²) in [5, 5.41) is 11.5. The van der Waals surface area contributed by atoms with Crippen molar-refractivity contribution in [3.8, 4) is 11.5 Å². The second kappa shape index (κ2) is 6.01. The van der Waals surface area contributed by atoms with Gasteiger partial charge in [0.2, 0.25) is 11.8 Å². The van der Waals surface area contributed by atoms with Crippen molar-refractivity contribution < 1.29 is 8.81 Å². The molecule has 0 bridgehead atoms. The van der Waals surface area contributed by atoms with Crippen LogP contribution < -0.4 is 5.32 Å². The van der Waals surface area contributed by atoms with Gasteiger partial charge in [-0.15, -0.1) is 10.2 Å². The first-order chi connectivity index (χ1) is 9.72. The molecular weight excluding hydrogens is 325 g/mol. The van der Waals surface area contributed by atoms with E-state index in [-0.39, 0.29) is 5.82 Å². The largest absolute Gasteiger partial charge is 0.421 e. The zero-order valence-corrected chi connectivity index (χ0v) is 12.5. The van der Waals surface area contributed by atoms with Gasteiger partial charge in [0.1, 0.15) is 5.82 Å².